The van der Waals surface area contributed by atoms with Crippen LogP contribution in [0.1, 0.15) is 25.0 Å². The molecule has 0 aliphatic heterocycles. The lowest BCUT2D eigenvalue weighted by molar-refractivity contribution is 0.662. The Hall–Kier alpha value is -5.36. The zero-order chi connectivity index (χ0) is 26.8. The van der Waals surface area contributed by atoms with E-state index < -0.39 is 0 Å². The minimum Gasteiger partial charge on any atom is -0.305 e. The van der Waals surface area contributed by atoms with Crippen molar-refractivity contribution in [1.29, 1.82) is 0 Å². The maximum absolute atomic E-state index is 4.56. The molecule has 0 atom stereocenters. The van der Waals surface area contributed by atoms with Gasteiger partial charge in [0.05, 0.1) is 57.9 Å². The lowest BCUT2D eigenvalue weighted by Gasteiger charge is -2.22. The summed E-state index contributed by atoms with van der Waals surface area (Å²) in [6.45, 7) is 4.78. The van der Waals surface area contributed by atoms with E-state index in [1.54, 1.807) is 0 Å². The van der Waals surface area contributed by atoms with E-state index in [4.69, 9.17) is 0 Å². The topological polar surface area (TPSA) is 60.4 Å². The highest BCUT2D eigenvalue weighted by Crippen LogP contribution is 2.59. The Morgan fingerprint density at radius 2 is 0.854 bits per heavy atom. The fourth-order valence-corrected chi connectivity index (χ4v) is 8.27. The molecule has 0 spiro atoms. The summed E-state index contributed by atoms with van der Waals surface area (Å²) in [4.78, 5) is 18.1. The molecule has 6 nitrogen and oxygen atoms in total. The van der Waals surface area contributed by atoms with Gasteiger partial charge in [0.15, 0.2) is 0 Å². The molecule has 8 heterocycles. The molecule has 0 radical (unpaired) electrons. The summed E-state index contributed by atoms with van der Waals surface area (Å²) in [5.41, 5.74) is 12.2. The van der Waals surface area contributed by atoms with Crippen LogP contribution in [0.5, 0.6) is 0 Å². The van der Waals surface area contributed by atoms with Crippen molar-refractivity contribution in [3.63, 3.8) is 0 Å². The largest absolute Gasteiger partial charge is 0.305 e. The Kier molecular flexibility index (Phi) is 3.17. The molecule has 41 heavy (non-hydrogen) atoms. The number of benzene rings is 2. The number of pyridine rings is 4. The summed E-state index contributed by atoms with van der Waals surface area (Å²) in [6, 6.07) is 13.6. The quantitative estimate of drug-likeness (QED) is 0.203. The SMILES string of the molecule is CC1(C)c2cc3c4ccncc4n4c5cnccc5c(c2-c2c1cc1c5ccncc5n5c6cnccc6c2c15)c34. The van der Waals surface area contributed by atoms with Crippen molar-refractivity contribution in [2.24, 2.45) is 0 Å². The van der Waals surface area contributed by atoms with Crippen LogP contribution in [0, 0.1) is 0 Å². The van der Waals surface area contributed by atoms with Crippen LogP contribution in [0.15, 0.2) is 86.0 Å². The number of nitrogens with zero attached hydrogens (tertiary/aromatic N) is 6. The highest BCUT2D eigenvalue weighted by molar-refractivity contribution is 6.33. The van der Waals surface area contributed by atoms with Gasteiger partial charge in [-0.2, -0.15) is 0 Å². The van der Waals surface area contributed by atoms with E-state index in [0.29, 0.717) is 0 Å². The van der Waals surface area contributed by atoms with Gasteiger partial charge in [-0.15, -0.1) is 0 Å². The van der Waals surface area contributed by atoms with Crippen LogP contribution < -0.4 is 0 Å². The molecule has 1 aliphatic rings. The van der Waals surface area contributed by atoms with Gasteiger partial charge in [0, 0.05) is 73.3 Å². The smallest absolute Gasteiger partial charge is 0.0725 e. The van der Waals surface area contributed by atoms with Crippen molar-refractivity contribution >= 4 is 76.2 Å². The zero-order valence-corrected chi connectivity index (χ0v) is 22.3. The molecule has 0 N–H and O–H groups in total. The maximum atomic E-state index is 4.56. The molecular formula is C35H20N6. The molecule has 0 bridgehead atoms. The van der Waals surface area contributed by atoms with Crippen LogP contribution in [0.4, 0.5) is 0 Å². The fourth-order valence-electron chi connectivity index (χ4n) is 8.27. The van der Waals surface area contributed by atoms with Gasteiger partial charge < -0.3 is 8.80 Å². The summed E-state index contributed by atoms with van der Waals surface area (Å²) in [5.74, 6) is 0. The van der Waals surface area contributed by atoms with Crippen LogP contribution in [0.3, 0.4) is 0 Å². The van der Waals surface area contributed by atoms with Gasteiger partial charge >= 0.3 is 0 Å². The molecule has 1 aliphatic carbocycles. The first kappa shape index (κ1) is 20.5. The first-order chi connectivity index (χ1) is 20.1. The van der Waals surface area contributed by atoms with E-state index in [2.05, 4.69) is 79.0 Å². The summed E-state index contributed by atoms with van der Waals surface area (Å²) in [6.07, 6.45) is 15.6. The zero-order valence-electron chi connectivity index (χ0n) is 22.3. The molecular weight excluding hydrogens is 504 g/mol. The van der Waals surface area contributed by atoms with Crippen LogP contribution >= 0.6 is 0 Å². The summed E-state index contributed by atoms with van der Waals surface area (Å²) in [5, 5.41) is 10.1. The number of hydrogen-bond acceptors (Lipinski definition) is 4. The third kappa shape index (κ3) is 2.04. The van der Waals surface area contributed by atoms with E-state index in [9.17, 15) is 0 Å². The molecule has 8 aromatic heterocycles. The molecule has 0 unspecified atom stereocenters. The van der Waals surface area contributed by atoms with Gasteiger partial charge in [0.25, 0.3) is 0 Å². The Morgan fingerprint density at radius 1 is 0.488 bits per heavy atom. The lowest BCUT2D eigenvalue weighted by Crippen LogP contribution is -2.15. The summed E-state index contributed by atoms with van der Waals surface area (Å²) >= 11 is 0. The minimum atomic E-state index is -0.200. The average molecular weight is 525 g/mol. The third-order valence-corrected chi connectivity index (χ3v) is 9.93. The van der Waals surface area contributed by atoms with E-state index >= 15 is 0 Å². The van der Waals surface area contributed by atoms with Crippen molar-refractivity contribution in [3.8, 4) is 11.1 Å². The molecule has 190 valence electrons. The molecule has 6 heteroatoms. The first-order valence-electron chi connectivity index (χ1n) is 14.0. The van der Waals surface area contributed by atoms with Crippen LogP contribution in [-0.4, -0.2) is 28.7 Å². The molecule has 0 amide bonds. The van der Waals surface area contributed by atoms with E-state index in [1.165, 1.54) is 76.4 Å². The molecule has 0 fully saturated rings. The van der Waals surface area contributed by atoms with E-state index in [-0.39, 0.29) is 5.41 Å². The predicted octanol–water partition coefficient (Wildman–Crippen LogP) is 7.87. The normalized spacial score (nSPS) is 14.8. The van der Waals surface area contributed by atoms with Crippen molar-refractivity contribution in [2.45, 2.75) is 19.3 Å². The second kappa shape index (κ2) is 6.34. The Labute approximate surface area is 232 Å². The molecule has 11 rings (SSSR count). The fraction of sp³-hybridized carbons (Fsp3) is 0.0857. The Balaban J connectivity index is 1.49. The molecule has 2 aromatic carbocycles. The Morgan fingerprint density at radius 3 is 1.27 bits per heavy atom. The molecule has 0 saturated heterocycles. The highest BCUT2D eigenvalue weighted by Gasteiger charge is 2.41. The predicted molar refractivity (Wildman–Crippen MR) is 165 cm³/mol. The van der Waals surface area contributed by atoms with Gasteiger partial charge in [-0.1, -0.05) is 13.8 Å². The highest BCUT2D eigenvalue weighted by atomic mass is 14.9. The Bertz CT molecular complexity index is 2590. The van der Waals surface area contributed by atoms with Crippen molar-refractivity contribution in [1.82, 2.24) is 28.7 Å². The van der Waals surface area contributed by atoms with E-state index in [0.717, 1.165) is 22.1 Å². The summed E-state index contributed by atoms with van der Waals surface area (Å²) in [7, 11) is 0. The van der Waals surface area contributed by atoms with Crippen molar-refractivity contribution < 1.29 is 0 Å². The summed E-state index contributed by atoms with van der Waals surface area (Å²) < 4.78 is 4.75. The van der Waals surface area contributed by atoms with Crippen LogP contribution in [-0.2, 0) is 5.41 Å². The lowest BCUT2D eigenvalue weighted by atomic mass is 9.81. The average Bonchev–Trinajstić information content (AvgIpc) is 3.76. The van der Waals surface area contributed by atoms with Gasteiger partial charge in [-0.05, 0) is 58.7 Å². The van der Waals surface area contributed by atoms with Crippen LogP contribution in [0.2, 0.25) is 0 Å². The first-order valence-corrected chi connectivity index (χ1v) is 14.0. The monoisotopic (exact) mass is 524 g/mol. The number of fused-ring (bicyclic) bond motifs is 17. The molecule has 0 saturated carbocycles. The molecule has 10 aromatic rings. The second-order valence-electron chi connectivity index (χ2n) is 12.0. The second-order valence-corrected chi connectivity index (χ2v) is 12.0. The van der Waals surface area contributed by atoms with Gasteiger partial charge in [-0.25, -0.2) is 0 Å². The maximum Gasteiger partial charge on any atom is 0.0725 e. The van der Waals surface area contributed by atoms with Gasteiger partial charge in [-0.3, -0.25) is 19.9 Å². The van der Waals surface area contributed by atoms with Crippen molar-refractivity contribution in [2.75, 3.05) is 0 Å². The van der Waals surface area contributed by atoms with E-state index in [1.807, 2.05) is 49.6 Å². The third-order valence-electron chi connectivity index (χ3n) is 9.93. The minimum absolute atomic E-state index is 0.200. The van der Waals surface area contributed by atoms with Gasteiger partial charge in [0.1, 0.15) is 0 Å². The van der Waals surface area contributed by atoms with Gasteiger partial charge in [0.2, 0.25) is 0 Å². The van der Waals surface area contributed by atoms with Crippen molar-refractivity contribution in [3.05, 3.63) is 97.1 Å². The number of rotatable bonds is 0. The van der Waals surface area contributed by atoms with Crippen LogP contribution in [0.25, 0.3) is 87.3 Å². The number of hydrogen-bond donors (Lipinski definition) is 0. The standard InChI is InChI=1S/C35H20N6/c1-35(2)23-11-21-17-3-7-36-13-25(17)40-27-15-38-9-5-19(27)29(33(21)40)31(23)32-24(35)12-22-18-4-8-37-14-26(18)41-28-16-39-10-6-20(28)30(32)34(22)41/h3-16H,1-2H3. The number of aromatic nitrogens is 6.